The monoisotopic (exact) mass is 295 g/mol. The summed E-state index contributed by atoms with van der Waals surface area (Å²) in [5.41, 5.74) is 2.46. The number of carboxylic acids is 1. The zero-order valence-electron chi connectivity index (χ0n) is 11.8. The van der Waals surface area contributed by atoms with Crippen LogP contribution in [0.2, 0.25) is 0 Å². The van der Waals surface area contributed by atoms with Crippen LogP contribution in [0, 0.1) is 6.92 Å². The highest BCUT2D eigenvalue weighted by Gasteiger charge is 2.18. The molecular weight excluding hydrogens is 282 g/mol. The van der Waals surface area contributed by atoms with Crippen molar-refractivity contribution in [1.82, 2.24) is 14.8 Å². The Balaban J connectivity index is 2.21. The minimum atomic E-state index is -1.12. The van der Waals surface area contributed by atoms with Gasteiger partial charge in [-0.15, -0.1) is 0 Å². The molecule has 6 heteroatoms. The zero-order valence-corrected chi connectivity index (χ0v) is 11.8. The molecule has 0 amide bonds. The second-order valence-corrected chi connectivity index (χ2v) is 4.86. The number of aryl methyl sites for hydroxylation is 1. The number of carboxylic acid groups (broad SMARTS) is 1. The summed E-state index contributed by atoms with van der Waals surface area (Å²) in [6, 6.07) is 9.91. The number of aromatic carboxylic acids is 1. The van der Waals surface area contributed by atoms with Crippen LogP contribution in [0.1, 0.15) is 16.1 Å². The van der Waals surface area contributed by atoms with Crippen molar-refractivity contribution in [3.05, 3.63) is 60.0 Å². The average molecular weight is 295 g/mol. The van der Waals surface area contributed by atoms with Crippen LogP contribution in [0.25, 0.3) is 16.9 Å². The quantitative estimate of drug-likeness (QED) is 0.775. The van der Waals surface area contributed by atoms with Gasteiger partial charge >= 0.3 is 5.97 Å². The minimum absolute atomic E-state index is 0.0206. The van der Waals surface area contributed by atoms with E-state index in [2.05, 4.69) is 10.1 Å². The first-order valence-electron chi connectivity index (χ1n) is 6.60. The van der Waals surface area contributed by atoms with Crippen LogP contribution in [0.5, 0.6) is 5.75 Å². The van der Waals surface area contributed by atoms with Gasteiger partial charge in [-0.25, -0.2) is 9.48 Å². The maximum atomic E-state index is 11.5. The van der Waals surface area contributed by atoms with Crippen LogP contribution in [-0.4, -0.2) is 30.9 Å². The van der Waals surface area contributed by atoms with Crippen molar-refractivity contribution in [3.8, 4) is 22.7 Å². The molecule has 2 heterocycles. The van der Waals surface area contributed by atoms with Gasteiger partial charge in [-0.3, -0.25) is 4.98 Å². The van der Waals surface area contributed by atoms with Crippen LogP contribution >= 0.6 is 0 Å². The molecule has 0 bridgehead atoms. The summed E-state index contributed by atoms with van der Waals surface area (Å²) in [7, 11) is 0. The van der Waals surface area contributed by atoms with Gasteiger partial charge in [0.15, 0.2) is 5.69 Å². The largest absolute Gasteiger partial charge is 0.506 e. The molecule has 0 fully saturated rings. The molecule has 6 nitrogen and oxygen atoms in total. The lowest BCUT2D eigenvalue weighted by Crippen LogP contribution is -2.08. The number of pyridine rings is 1. The first-order chi connectivity index (χ1) is 10.6. The predicted molar refractivity (Wildman–Crippen MR) is 80.2 cm³/mol. The fourth-order valence-electron chi connectivity index (χ4n) is 2.18. The van der Waals surface area contributed by atoms with Crippen molar-refractivity contribution < 1.29 is 15.0 Å². The van der Waals surface area contributed by atoms with Crippen LogP contribution < -0.4 is 0 Å². The normalized spacial score (nSPS) is 10.6. The number of nitrogens with zero attached hydrogens (tertiary/aromatic N) is 3. The second kappa shape index (κ2) is 5.33. The highest BCUT2D eigenvalue weighted by molar-refractivity contribution is 5.88. The van der Waals surface area contributed by atoms with E-state index in [9.17, 15) is 15.0 Å². The molecule has 2 aromatic heterocycles. The molecular formula is C16H13N3O3. The van der Waals surface area contributed by atoms with Crippen molar-refractivity contribution in [2.24, 2.45) is 0 Å². The average Bonchev–Trinajstić information content (AvgIpc) is 2.96. The number of phenolic OH excluding ortho intramolecular Hbond substituents is 1. The Morgan fingerprint density at radius 3 is 2.55 bits per heavy atom. The van der Waals surface area contributed by atoms with E-state index in [-0.39, 0.29) is 11.4 Å². The summed E-state index contributed by atoms with van der Waals surface area (Å²) in [5.74, 6) is -1.15. The molecule has 1 aromatic carbocycles. The van der Waals surface area contributed by atoms with Gasteiger partial charge in [0.1, 0.15) is 11.4 Å². The number of carbonyl (C=O) groups is 1. The maximum absolute atomic E-state index is 11.5. The van der Waals surface area contributed by atoms with E-state index in [1.807, 2.05) is 6.92 Å². The van der Waals surface area contributed by atoms with Crippen molar-refractivity contribution in [1.29, 1.82) is 0 Å². The summed E-state index contributed by atoms with van der Waals surface area (Å²) in [6.45, 7) is 1.86. The van der Waals surface area contributed by atoms with Crippen molar-refractivity contribution in [3.63, 3.8) is 0 Å². The van der Waals surface area contributed by atoms with E-state index < -0.39 is 5.97 Å². The Bertz CT molecular complexity index is 841. The molecule has 2 N–H and O–H groups in total. The molecule has 0 aliphatic carbocycles. The van der Waals surface area contributed by atoms with Crippen LogP contribution in [0.4, 0.5) is 0 Å². The highest BCUT2D eigenvalue weighted by Crippen LogP contribution is 2.27. The first-order valence-corrected chi connectivity index (χ1v) is 6.60. The van der Waals surface area contributed by atoms with Crippen LogP contribution in [0.3, 0.4) is 0 Å². The predicted octanol–water partition coefficient (Wildman–Crippen LogP) is 2.65. The van der Waals surface area contributed by atoms with Gasteiger partial charge in [-0.1, -0.05) is 6.07 Å². The fraction of sp³-hybridized carbons (Fsp3) is 0.0625. The third-order valence-electron chi connectivity index (χ3n) is 3.26. The first kappa shape index (κ1) is 13.8. The Morgan fingerprint density at radius 1 is 1.14 bits per heavy atom. The summed E-state index contributed by atoms with van der Waals surface area (Å²) in [6.07, 6.45) is 3.22. The topological polar surface area (TPSA) is 88.2 Å². The van der Waals surface area contributed by atoms with E-state index >= 15 is 0 Å². The molecule has 22 heavy (non-hydrogen) atoms. The Morgan fingerprint density at radius 2 is 1.86 bits per heavy atom. The molecule has 3 rings (SSSR count). The smallest absolute Gasteiger partial charge is 0.354 e. The zero-order chi connectivity index (χ0) is 15.7. The van der Waals surface area contributed by atoms with Crippen molar-refractivity contribution in [2.75, 3.05) is 0 Å². The molecule has 110 valence electrons. The van der Waals surface area contributed by atoms with Gasteiger partial charge in [0.25, 0.3) is 0 Å². The van der Waals surface area contributed by atoms with Gasteiger partial charge in [0.05, 0.1) is 5.69 Å². The summed E-state index contributed by atoms with van der Waals surface area (Å²) in [4.78, 5) is 15.4. The lowest BCUT2D eigenvalue weighted by atomic mass is 10.2. The highest BCUT2D eigenvalue weighted by atomic mass is 16.4. The lowest BCUT2D eigenvalue weighted by molar-refractivity contribution is 0.0687. The molecule has 0 aliphatic rings. The number of aromatic hydroxyl groups is 1. The van der Waals surface area contributed by atoms with Gasteiger partial charge in [-0.05, 0) is 42.8 Å². The number of hydrogen-bond acceptors (Lipinski definition) is 4. The third-order valence-corrected chi connectivity index (χ3v) is 3.26. The molecule has 0 atom stereocenters. The number of aromatic nitrogens is 3. The number of rotatable bonds is 3. The Labute approximate surface area is 126 Å². The van der Waals surface area contributed by atoms with E-state index in [1.165, 1.54) is 16.8 Å². The SMILES string of the molecule is Cc1ccc(O)c(-n2nc(-c3ccncc3)cc2C(=O)O)c1. The van der Waals surface area contributed by atoms with Gasteiger partial charge in [0.2, 0.25) is 0 Å². The lowest BCUT2D eigenvalue weighted by Gasteiger charge is -2.07. The van der Waals surface area contributed by atoms with Crippen LogP contribution in [0.15, 0.2) is 48.8 Å². The summed E-state index contributed by atoms with van der Waals surface area (Å²) in [5, 5.41) is 23.7. The number of phenols is 1. The maximum Gasteiger partial charge on any atom is 0.354 e. The summed E-state index contributed by atoms with van der Waals surface area (Å²) < 4.78 is 1.24. The van der Waals surface area contributed by atoms with E-state index in [0.29, 0.717) is 11.4 Å². The molecule has 0 spiro atoms. The molecule has 0 saturated heterocycles. The minimum Gasteiger partial charge on any atom is -0.506 e. The molecule has 0 unspecified atom stereocenters. The fourth-order valence-corrected chi connectivity index (χ4v) is 2.18. The third kappa shape index (κ3) is 2.42. The van der Waals surface area contributed by atoms with Gasteiger partial charge < -0.3 is 10.2 Å². The van der Waals surface area contributed by atoms with E-state index in [0.717, 1.165) is 11.1 Å². The van der Waals surface area contributed by atoms with Crippen molar-refractivity contribution in [2.45, 2.75) is 6.92 Å². The molecule has 0 aliphatic heterocycles. The van der Waals surface area contributed by atoms with E-state index in [1.54, 1.807) is 36.7 Å². The molecule has 0 saturated carbocycles. The van der Waals surface area contributed by atoms with E-state index in [4.69, 9.17) is 0 Å². The Hall–Kier alpha value is -3.15. The van der Waals surface area contributed by atoms with Crippen molar-refractivity contribution >= 4 is 5.97 Å². The number of benzene rings is 1. The van der Waals surface area contributed by atoms with Gasteiger partial charge in [0, 0.05) is 18.0 Å². The summed E-state index contributed by atoms with van der Waals surface area (Å²) >= 11 is 0. The standard InChI is InChI=1S/C16H13N3O3/c1-10-2-3-15(20)13(8-10)19-14(16(21)22)9-12(18-19)11-4-6-17-7-5-11/h2-9,20H,1H3,(H,21,22). The number of hydrogen-bond donors (Lipinski definition) is 2. The Kier molecular flexibility index (Phi) is 3.34. The molecule has 0 radical (unpaired) electrons. The second-order valence-electron chi connectivity index (χ2n) is 4.86. The van der Waals surface area contributed by atoms with Crippen LogP contribution in [-0.2, 0) is 0 Å². The molecule has 3 aromatic rings. The van der Waals surface area contributed by atoms with Gasteiger partial charge in [-0.2, -0.15) is 5.10 Å².